The SMILES string of the molecule is NC[C@H](NC(=O)c1ccc(C#Cc2ccc(CCCCCN3CCOCC3)cc2)cc1)C(=O)CO. The van der Waals surface area contributed by atoms with Gasteiger partial charge >= 0.3 is 0 Å². The van der Waals surface area contributed by atoms with Gasteiger partial charge in [0.2, 0.25) is 0 Å². The lowest BCUT2D eigenvalue weighted by atomic mass is 10.0. The summed E-state index contributed by atoms with van der Waals surface area (Å²) in [7, 11) is 0. The van der Waals surface area contributed by atoms with Crippen LogP contribution >= 0.6 is 0 Å². The van der Waals surface area contributed by atoms with Crippen LogP contribution in [-0.2, 0) is 16.0 Å². The summed E-state index contributed by atoms with van der Waals surface area (Å²) in [5.74, 6) is 5.34. The fraction of sp³-hybridized carbons (Fsp3) is 0.429. The first-order chi connectivity index (χ1) is 17.1. The summed E-state index contributed by atoms with van der Waals surface area (Å²) < 4.78 is 5.39. The van der Waals surface area contributed by atoms with Crippen molar-refractivity contribution < 1.29 is 19.4 Å². The number of aryl methyl sites for hydroxylation is 1. The van der Waals surface area contributed by atoms with E-state index in [1.165, 1.54) is 31.4 Å². The molecule has 1 atom stereocenters. The molecule has 1 fully saturated rings. The van der Waals surface area contributed by atoms with Gasteiger partial charge in [0.1, 0.15) is 12.6 Å². The fourth-order valence-corrected chi connectivity index (χ4v) is 3.89. The number of morpholine rings is 1. The zero-order chi connectivity index (χ0) is 24.9. The third-order valence-corrected chi connectivity index (χ3v) is 6.08. The van der Waals surface area contributed by atoms with Crippen LogP contribution in [0.15, 0.2) is 48.5 Å². The van der Waals surface area contributed by atoms with Crippen molar-refractivity contribution in [1.82, 2.24) is 10.2 Å². The number of Topliss-reactive ketones (excluding diaryl/α,β-unsaturated/α-hetero) is 1. The number of unbranched alkanes of at least 4 members (excludes halogenated alkanes) is 2. The van der Waals surface area contributed by atoms with Gasteiger partial charge in [-0.1, -0.05) is 30.4 Å². The number of amides is 1. The van der Waals surface area contributed by atoms with Crippen molar-refractivity contribution in [2.75, 3.05) is 46.0 Å². The van der Waals surface area contributed by atoms with Crippen molar-refractivity contribution in [2.24, 2.45) is 5.73 Å². The number of aliphatic hydroxyl groups is 1. The molecule has 4 N–H and O–H groups in total. The first-order valence-corrected chi connectivity index (χ1v) is 12.2. The number of nitrogens with two attached hydrogens (primary N) is 1. The van der Waals surface area contributed by atoms with Crippen LogP contribution in [-0.4, -0.2) is 73.7 Å². The highest BCUT2D eigenvalue weighted by Gasteiger charge is 2.18. The standard InChI is InChI=1S/C28H35N3O4/c29-20-26(27(33)21-32)30-28(34)25-13-11-24(12-14-25)10-9-23-7-5-22(6-8-23)4-2-1-3-15-31-16-18-35-19-17-31/h5-8,11-14,26,32H,1-4,15-21,29H2,(H,30,34)/t26-/m0/s1. The highest BCUT2D eigenvalue weighted by Crippen LogP contribution is 2.10. The normalized spacial score (nSPS) is 14.6. The molecule has 0 aromatic heterocycles. The van der Waals surface area contributed by atoms with E-state index in [4.69, 9.17) is 15.6 Å². The van der Waals surface area contributed by atoms with Crippen molar-refractivity contribution in [3.05, 3.63) is 70.8 Å². The molecular weight excluding hydrogens is 442 g/mol. The number of hydrogen-bond acceptors (Lipinski definition) is 6. The molecule has 1 amide bonds. The van der Waals surface area contributed by atoms with E-state index < -0.39 is 24.3 Å². The minimum absolute atomic E-state index is 0.0671. The minimum atomic E-state index is -0.898. The van der Waals surface area contributed by atoms with Gasteiger partial charge in [-0.25, -0.2) is 0 Å². The van der Waals surface area contributed by atoms with Crippen LogP contribution in [0.2, 0.25) is 0 Å². The molecule has 1 heterocycles. The second-order valence-electron chi connectivity index (χ2n) is 8.68. The fourth-order valence-electron chi connectivity index (χ4n) is 3.89. The van der Waals surface area contributed by atoms with Gasteiger partial charge in [-0.05, 0) is 67.8 Å². The molecule has 186 valence electrons. The van der Waals surface area contributed by atoms with Crippen LogP contribution in [0.1, 0.15) is 46.3 Å². The van der Waals surface area contributed by atoms with Gasteiger partial charge in [0.05, 0.1) is 13.2 Å². The highest BCUT2D eigenvalue weighted by atomic mass is 16.5. The number of carbonyl (C=O) groups excluding carboxylic acids is 2. The van der Waals surface area contributed by atoms with Crippen molar-refractivity contribution in [1.29, 1.82) is 0 Å². The molecule has 1 saturated heterocycles. The summed E-state index contributed by atoms with van der Waals surface area (Å²) in [6.45, 7) is 4.29. The lowest BCUT2D eigenvalue weighted by molar-refractivity contribution is -0.123. The predicted octanol–water partition coefficient (Wildman–Crippen LogP) is 1.75. The van der Waals surface area contributed by atoms with Crippen molar-refractivity contribution in [2.45, 2.75) is 31.7 Å². The zero-order valence-corrected chi connectivity index (χ0v) is 20.2. The quantitative estimate of drug-likeness (QED) is 0.336. The first kappa shape index (κ1) is 26.6. The molecular formula is C28H35N3O4. The Kier molecular flexibility index (Phi) is 10.9. The topological polar surface area (TPSA) is 105 Å². The molecule has 0 radical (unpaired) electrons. The third-order valence-electron chi connectivity index (χ3n) is 6.08. The van der Waals surface area contributed by atoms with Gasteiger partial charge < -0.3 is 20.9 Å². The maximum absolute atomic E-state index is 12.3. The first-order valence-electron chi connectivity index (χ1n) is 12.2. The number of ketones is 1. The van der Waals surface area contributed by atoms with Gasteiger partial charge in [-0.3, -0.25) is 14.5 Å². The van der Waals surface area contributed by atoms with Gasteiger partial charge in [0.25, 0.3) is 5.91 Å². The lowest BCUT2D eigenvalue weighted by Crippen LogP contribution is -2.46. The van der Waals surface area contributed by atoms with Crippen LogP contribution < -0.4 is 11.1 Å². The molecule has 0 bridgehead atoms. The summed E-state index contributed by atoms with van der Waals surface area (Å²) in [4.78, 5) is 26.4. The molecule has 0 saturated carbocycles. The number of hydrogen-bond donors (Lipinski definition) is 3. The van der Waals surface area contributed by atoms with Crippen LogP contribution in [0, 0.1) is 11.8 Å². The van der Waals surface area contributed by atoms with Crippen molar-refractivity contribution in [3.8, 4) is 11.8 Å². The van der Waals surface area contributed by atoms with Gasteiger partial charge in [0.15, 0.2) is 5.78 Å². The Morgan fingerprint density at radius 1 is 0.971 bits per heavy atom. The second-order valence-corrected chi connectivity index (χ2v) is 8.68. The Labute approximate surface area is 207 Å². The second kappa shape index (κ2) is 14.4. The van der Waals surface area contributed by atoms with E-state index in [-0.39, 0.29) is 6.54 Å². The number of nitrogens with zero attached hydrogens (tertiary/aromatic N) is 1. The number of ether oxygens (including phenoxy) is 1. The zero-order valence-electron chi connectivity index (χ0n) is 20.2. The summed E-state index contributed by atoms with van der Waals surface area (Å²) in [5.41, 5.74) is 8.95. The summed E-state index contributed by atoms with van der Waals surface area (Å²) in [6, 6.07) is 14.3. The van der Waals surface area contributed by atoms with E-state index in [1.807, 2.05) is 12.1 Å². The molecule has 7 heteroatoms. The number of nitrogens with one attached hydrogen (secondary N) is 1. The Morgan fingerprint density at radius 2 is 1.60 bits per heavy atom. The van der Waals surface area contributed by atoms with E-state index >= 15 is 0 Å². The Bertz CT molecular complexity index is 1000. The summed E-state index contributed by atoms with van der Waals surface area (Å²) >= 11 is 0. The highest BCUT2D eigenvalue weighted by molar-refractivity contribution is 5.98. The van der Waals surface area contributed by atoms with Crippen molar-refractivity contribution in [3.63, 3.8) is 0 Å². The number of carbonyl (C=O) groups is 2. The van der Waals surface area contributed by atoms with Crippen molar-refractivity contribution >= 4 is 11.7 Å². The monoisotopic (exact) mass is 477 g/mol. The molecule has 0 aliphatic carbocycles. The van der Waals surface area contributed by atoms with E-state index in [1.54, 1.807) is 24.3 Å². The minimum Gasteiger partial charge on any atom is -0.388 e. The summed E-state index contributed by atoms with van der Waals surface area (Å²) in [6.07, 6.45) is 4.74. The van der Waals surface area contributed by atoms with E-state index in [9.17, 15) is 9.59 Å². The Hall–Kier alpha value is -3.02. The molecule has 0 unspecified atom stereocenters. The van der Waals surface area contributed by atoms with Crippen LogP contribution in [0.4, 0.5) is 0 Å². The third kappa shape index (κ3) is 8.93. The maximum atomic E-state index is 12.3. The van der Waals surface area contributed by atoms with Crippen LogP contribution in [0.25, 0.3) is 0 Å². The molecule has 7 nitrogen and oxygen atoms in total. The average molecular weight is 478 g/mol. The molecule has 1 aliphatic heterocycles. The summed E-state index contributed by atoms with van der Waals surface area (Å²) in [5, 5.41) is 11.5. The Balaban J connectivity index is 1.43. The smallest absolute Gasteiger partial charge is 0.251 e. The van der Waals surface area contributed by atoms with E-state index in [0.29, 0.717) is 5.56 Å². The number of benzene rings is 2. The van der Waals surface area contributed by atoms with E-state index in [0.717, 1.165) is 43.9 Å². The van der Waals surface area contributed by atoms with Crippen LogP contribution in [0.3, 0.4) is 0 Å². The number of rotatable bonds is 11. The lowest BCUT2D eigenvalue weighted by Gasteiger charge is -2.26. The molecule has 3 rings (SSSR count). The van der Waals surface area contributed by atoms with Gasteiger partial charge in [-0.15, -0.1) is 0 Å². The molecule has 35 heavy (non-hydrogen) atoms. The largest absolute Gasteiger partial charge is 0.388 e. The van der Waals surface area contributed by atoms with Crippen LogP contribution in [0.5, 0.6) is 0 Å². The number of aliphatic hydroxyl groups excluding tert-OH is 1. The van der Waals surface area contributed by atoms with Gasteiger partial charge in [0, 0.05) is 36.3 Å². The average Bonchev–Trinajstić information content (AvgIpc) is 2.91. The Morgan fingerprint density at radius 3 is 2.20 bits per heavy atom. The maximum Gasteiger partial charge on any atom is 0.251 e. The molecule has 0 spiro atoms. The molecule has 1 aliphatic rings. The molecule has 2 aromatic carbocycles. The van der Waals surface area contributed by atoms with E-state index in [2.05, 4.69) is 34.2 Å². The van der Waals surface area contributed by atoms with Gasteiger partial charge in [-0.2, -0.15) is 0 Å². The molecule has 2 aromatic rings. The predicted molar refractivity (Wildman–Crippen MR) is 136 cm³/mol.